The number of nitro benzene ring substituents is 1. The van der Waals surface area contributed by atoms with Crippen LogP contribution in [-0.4, -0.2) is 29.9 Å². The van der Waals surface area contributed by atoms with Crippen molar-refractivity contribution in [3.8, 4) is 5.75 Å². The van der Waals surface area contributed by atoms with Crippen molar-refractivity contribution in [1.29, 1.82) is 0 Å². The zero-order valence-corrected chi connectivity index (χ0v) is 14.1. The number of Topliss-reactive ketones (excluding diaryl/α,β-unsaturated/α-hetero) is 1. The highest BCUT2D eigenvalue weighted by Crippen LogP contribution is 2.29. The van der Waals surface area contributed by atoms with E-state index in [-0.39, 0.29) is 17.1 Å². The van der Waals surface area contributed by atoms with Crippen molar-refractivity contribution in [2.45, 2.75) is 13.0 Å². The lowest BCUT2D eigenvalue weighted by Crippen LogP contribution is -2.24. The summed E-state index contributed by atoms with van der Waals surface area (Å²) in [5.74, 6) is -1.18. The van der Waals surface area contributed by atoms with Crippen LogP contribution in [0.4, 0.5) is 5.69 Å². The van der Waals surface area contributed by atoms with Gasteiger partial charge in [-0.05, 0) is 43.3 Å². The first kappa shape index (κ1) is 18.4. The van der Waals surface area contributed by atoms with Crippen molar-refractivity contribution in [2.24, 2.45) is 0 Å². The van der Waals surface area contributed by atoms with Crippen LogP contribution in [-0.2, 0) is 4.74 Å². The van der Waals surface area contributed by atoms with Crippen LogP contribution in [0, 0.1) is 10.1 Å². The van der Waals surface area contributed by atoms with E-state index in [0.717, 1.165) is 6.07 Å². The lowest BCUT2D eigenvalue weighted by atomic mass is 10.1. The van der Waals surface area contributed by atoms with Gasteiger partial charge in [-0.15, -0.1) is 0 Å². The van der Waals surface area contributed by atoms with Gasteiger partial charge in [0.1, 0.15) is 0 Å². The molecule has 0 aliphatic rings. The van der Waals surface area contributed by atoms with E-state index in [4.69, 9.17) is 16.3 Å². The molecule has 0 heterocycles. The van der Waals surface area contributed by atoms with Crippen LogP contribution in [0.15, 0.2) is 42.5 Å². The van der Waals surface area contributed by atoms with E-state index in [2.05, 4.69) is 4.74 Å². The first-order valence-corrected chi connectivity index (χ1v) is 7.54. The number of esters is 1. The minimum atomic E-state index is -0.969. The molecule has 0 aliphatic carbocycles. The number of hydrogen-bond donors (Lipinski definition) is 0. The van der Waals surface area contributed by atoms with Crippen LogP contribution >= 0.6 is 11.6 Å². The number of methoxy groups -OCH3 is 1. The smallest absolute Gasteiger partial charge is 0.338 e. The van der Waals surface area contributed by atoms with Crippen molar-refractivity contribution in [1.82, 2.24) is 0 Å². The average molecular weight is 364 g/mol. The molecule has 2 rings (SSSR count). The van der Waals surface area contributed by atoms with E-state index < -0.39 is 22.7 Å². The van der Waals surface area contributed by atoms with Crippen LogP contribution in [0.2, 0.25) is 5.02 Å². The number of benzene rings is 2. The molecule has 2 aromatic carbocycles. The van der Waals surface area contributed by atoms with Gasteiger partial charge in [0.25, 0.3) is 0 Å². The van der Waals surface area contributed by atoms with Crippen LogP contribution in [0.25, 0.3) is 0 Å². The third-order valence-corrected chi connectivity index (χ3v) is 3.63. The zero-order chi connectivity index (χ0) is 18.6. The normalized spacial score (nSPS) is 11.5. The van der Waals surface area contributed by atoms with Crippen molar-refractivity contribution >= 4 is 29.0 Å². The van der Waals surface area contributed by atoms with Gasteiger partial charge in [-0.2, -0.15) is 0 Å². The molecule has 0 radical (unpaired) electrons. The van der Waals surface area contributed by atoms with Gasteiger partial charge in [0.15, 0.2) is 11.9 Å². The topological polar surface area (TPSA) is 95.7 Å². The highest BCUT2D eigenvalue weighted by Gasteiger charge is 2.24. The van der Waals surface area contributed by atoms with E-state index in [1.54, 1.807) is 24.3 Å². The van der Waals surface area contributed by atoms with E-state index in [1.165, 1.54) is 26.2 Å². The molecular weight excluding hydrogens is 350 g/mol. The molecule has 0 bridgehead atoms. The standard InChI is InChI=1S/C17H14ClNO6/c1-10(16(20)11-3-6-13(18)7-4-11)25-15-8-5-12(17(21)24-2)9-14(15)19(22)23/h3-10H,1-2H3/t10-/m0/s1. The van der Waals surface area contributed by atoms with Gasteiger partial charge in [-0.3, -0.25) is 14.9 Å². The van der Waals surface area contributed by atoms with Gasteiger partial charge in [-0.1, -0.05) is 11.6 Å². The minimum Gasteiger partial charge on any atom is -0.475 e. The number of halogens is 1. The highest BCUT2D eigenvalue weighted by atomic mass is 35.5. The molecule has 0 spiro atoms. The number of carbonyl (C=O) groups excluding carboxylic acids is 2. The molecule has 0 unspecified atom stereocenters. The molecule has 130 valence electrons. The van der Waals surface area contributed by atoms with Crippen LogP contribution < -0.4 is 4.74 Å². The molecule has 7 nitrogen and oxygen atoms in total. The highest BCUT2D eigenvalue weighted by molar-refractivity contribution is 6.30. The third kappa shape index (κ3) is 4.33. The Bertz CT molecular complexity index is 818. The molecule has 2 aromatic rings. The van der Waals surface area contributed by atoms with Crippen molar-refractivity contribution in [3.63, 3.8) is 0 Å². The maximum absolute atomic E-state index is 12.4. The minimum absolute atomic E-state index is 0.0123. The monoisotopic (exact) mass is 363 g/mol. The Morgan fingerprint density at radius 2 is 1.72 bits per heavy atom. The Morgan fingerprint density at radius 3 is 2.28 bits per heavy atom. The van der Waals surface area contributed by atoms with Gasteiger partial charge in [0, 0.05) is 16.7 Å². The molecule has 8 heteroatoms. The fourth-order valence-corrected chi connectivity index (χ4v) is 2.22. The van der Waals surface area contributed by atoms with Gasteiger partial charge in [-0.25, -0.2) is 4.79 Å². The summed E-state index contributed by atoms with van der Waals surface area (Å²) in [6.07, 6.45) is -0.969. The van der Waals surface area contributed by atoms with Crippen LogP contribution in [0.1, 0.15) is 27.6 Å². The second kappa shape index (κ2) is 7.76. The zero-order valence-electron chi connectivity index (χ0n) is 13.4. The summed E-state index contributed by atoms with van der Waals surface area (Å²) in [6.45, 7) is 1.48. The van der Waals surface area contributed by atoms with Gasteiger partial charge in [0.2, 0.25) is 5.78 Å². The number of ketones is 1. The van der Waals surface area contributed by atoms with Gasteiger partial charge in [0.05, 0.1) is 17.6 Å². The van der Waals surface area contributed by atoms with Crippen molar-refractivity contribution in [3.05, 3.63) is 68.7 Å². The summed E-state index contributed by atoms with van der Waals surface area (Å²) >= 11 is 5.78. The lowest BCUT2D eigenvalue weighted by Gasteiger charge is -2.14. The summed E-state index contributed by atoms with van der Waals surface area (Å²) in [4.78, 5) is 34.4. The fraction of sp³-hybridized carbons (Fsp3) is 0.176. The molecule has 1 atom stereocenters. The molecule has 0 aliphatic heterocycles. The molecular formula is C17H14ClNO6. The predicted octanol–water partition coefficient (Wildman–Crippen LogP) is 3.69. The van der Waals surface area contributed by atoms with E-state index in [9.17, 15) is 19.7 Å². The Kier molecular flexibility index (Phi) is 5.71. The molecule has 0 amide bonds. The predicted molar refractivity (Wildman–Crippen MR) is 90.3 cm³/mol. The summed E-state index contributed by atoms with van der Waals surface area (Å²) < 4.78 is 9.98. The lowest BCUT2D eigenvalue weighted by molar-refractivity contribution is -0.386. The summed E-state index contributed by atoms with van der Waals surface area (Å²) in [5.41, 5.74) is -0.0531. The first-order chi connectivity index (χ1) is 11.8. The van der Waals surface area contributed by atoms with Crippen molar-refractivity contribution in [2.75, 3.05) is 7.11 Å². The Morgan fingerprint density at radius 1 is 1.12 bits per heavy atom. The molecule has 0 saturated heterocycles. The second-order valence-electron chi connectivity index (χ2n) is 5.06. The molecule has 0 N–H and O–H groups in total. The Balaban J connectivity index is 2.26. The van der Waals surface area contributed by atoms with Gasteiger partial charge < -0.3 is 9.47 Å². The number of rotatable bonds is 6. The van der Waals surface area contributed by atoms with E-state index in [0.29, 0.717) is 10.6 Å². The first-order valence-electron chi connectivity index (χ1n) is 7.16. The Hall–Kier alpha value is -2.93. The maximum atomic E-state index is 12.4. The van der Waals surface area contributed by atoms with E-state index in [1.807, 2.05) is 0 Å². The molecule has 0 fully saturated rings. The Labute approximate surface area is 148 Å². The van der Waals surface area contributed by atoms with Crippen LogP contribution in [0.3, 0.4) is 0 Å². The number of nitrogens with zero attached hydrogens (tertiary/aromatic N) is 1. The summed E-state index contributed by atoms with van der Waals surface area (Å²) in [7, 11) is 1.17. The van der Waals surface area contributed by atoms with E-state index >= 15 is 0 Å². The fourth-order valence-electron chi connectivity index (χ4n) is 2.10. The van der Waals surface area contributed by atoms with Gasteiger partial charge >= 0.3 is 11.7 Å². The summed E-state index contributed by atoms with van der Waals surface area (Å²) in [6, 6.07) is 9.84. The van der Waals surface area contributed by atoms with Crippen LogP contribution in [0.5, 0.6) is 5.75 Å². The summed E-state index contributed by atoms with van der Waals surface area (Å²) in [5, 5.41) is 11.7. The number of ether oxygens (including phenoxy) is 2. The largest absolute Gasteiger partial charge is 0.475 e. The average Bonchev–Trinajstić information content (AvgIpc) is 2.61. The number of hydrogen-bond acceptors (Lipinski definition) is 6. The number of nitro groups is 1. The molecule has 0 saturated carbocycles. The SMILES string of the molecule is COC(=O)c1ccc(O[C@@H](C)C(=O)c2ccc(Cl)cc2)c([N+](=O)[O-])c1. The quantitative estimate of drug-likeness (QED) is 0.336. The third-order valence-electron chi connectivity index (χ3n) is 3.38. The maximum Gasteiger partial charge on any atom is 0.338 e. The van der Waals surface area contributed by atoms with Crippen molar-refractivity contribution < 1.29 is 24.0 Å². The molecule has 0 aromatic heterocycles. The molecule has 25 heavy (non-hydrogen) atoms. The number of carbonyl (C=O) groups is 2. The second-order valence-corrected chi connectivity index (χ2v) is 5.50.